The highest BCUT2D eigenvalue weighted by molar-refractivity contribution is 14.1. The first-order chi connectivity index (χ1) is 9.13. The van der Waals surface area contributed by atoms with E-state index in [4.69, 9.17) is 0 Å². The number of rotatable bonds is 2. The van der Waals surface area contributed by atoms with Gasteiger partial charge in [0, 0.05) is 10.9 Å². The van der Waals surface area contributed by atoms with Gasteiger partial charge in [0.1, 0.15) is 11.6 Å². The summed E-state index contributed by atoms with van der Waals surface area (Å²) in [5, 5.41) is 3.21. The molecule has 0 spiro atoms. The monoisotopic (exact) mass is 391 g/mol. The molecule has 1 heterocycles. The van der Waals surface area contributed by atoms with Crippen molar-refractivity contribution in [2.75, 3.05) is 5.32 Å². The number of halogens is 3. The normalized spacial score (nSPS) is 18.2. The van der Waals surface area contributed by atoms with E-state index >= 15 is 0 Å². The van der Waals surface area contributed by atoms with E-state index in [0.717, 1.165) is 25.3 Å². The van der Waals surface area contributed by atoms with Crippen LogP contribution >= 0.6 is 33.9 Å². The van der Waals surface area contributed by atoms with Crippen LogP contribution in [0.5, 0.6) is 0 Å². The molecule has 1 N–H and O–H groups in total. The molecule has 0 aliphatic heterocycles. The average molecular weight is 391 g/mol. The van der Waals surface area contributed by atoms with Gasteiger partial charge in [0.2, 0.25) is 0 Å². The molecule has 1 atom stereocenters. The van der Waals surface area contributed by atoms with Crippen molar-refractivity contribution in [2.45, 2.75) is 25.3 Å². The number of hydrogen-bond donors (Lipinski definition) is 1. The second kappa shape index (κ2) is 5.36. The summed E-state index contributed by atoms with van der Waals surface area (Å²) in [4.78, 5) is 1.38. The maximum absolute atomic E-state index is 13.7. The molecule has 1 aromatic heterocycles. The van der Waals surface area contributed by atoms with Crippen molar-refractivity contribution in [3.05, 3.63) is 49.2 Å². The zero-order chi connectivity index (χ0) is 13.4. The van der Waals surface area contributed by atoms with Gasteiger partial charge in [-0.3, -0.25) is 0 Å². The topological polar surface area (TPSA) is 12.0 Å². The third kappa shape index (κ3) is 2.76. The third-order valence-corrected chi connectivity index (χ3v) is 5.32. The minimum absolute atomic E-state index is 0.128. The molecule has 1 aliphatic carbocycles. The highest BCUT2D eigenvalue weighted by Gasteiger charge is 2.23. The van der Waals surface area contributed by atoms with Crippen LogP contribution in [0.4, 0.5) is 14.5 Å². The van der Waals surface area contributed by atoms with Gasteiger partial charge in [-0.05, 0) is 65.6 Å². The van der Waals surface area contributed by atoms with E-state index in [1.54, 1.807) is 11.3 Å². The summed E-state index contributed by atoms with van der Waals surface area (Å²) < 4.78 is 27.8. The smallest absolute Gasteiger partial charge is 0.149 e. The van der Waals surface area contributed by atoms with Gasteiger partial charge in [-0.15, -0.1) is 11.3 Å². The molecule has 0 saturated carbocycles. The molecule has 0 saturated heterocycles. The first-order valence-electron chi connectivity index (χ1n) is 6.13. The maximum atomic E-state index is 13.7. The van der Waals surface area contributed by atoms with Gasteiger partial charge >= 0.3 is 0 Å². The molecule has 5 heteroatoms. The second-order valence-electron chi connectivity index (χ2n) is 4.64. The lowest BCUT2D eigenvalue weighted by atomic mass is 9.94. The first kappa shape index (κ1) is 13.3. The van der Waals surface area contributed by atoms with Gasteiger partial charge in [0.15, 0.2) is 0 Å². The lowest BCUT2D eigenvalue weighted by molar-refractivity contribution is 0.573. The molecule has 1 aromatic carbocycles. The fraction of sp³-hybridized carbons (Fsp3) is 0.286. The summed E-state index contributed by atoms with van der Waals surface area (Å²) in [6, 6.07) is 5.97. The van der Waals surface area contributed by atoms with Crippen LogP contribution in [0, 0.1) is 14.5 Å². The Bertz CT molecular complexity index is 611. The van der Waals surface area contributed by atoms with Gasteiger partial charge in [-0.25, -0.2) is 8.78 Å². The van der Waals surface area contributed by atoms with Crippen LogP contribution in [0.2, 0.25) is 0 Å². The fourth-order valence-electron chi connectivity index (χ4n) is 2.47. The number of fused-ring (bicyclic) bond motifs is 1. The second-order valence-corrected chi connectivity index (χ2v) is 7.67. The number of anilines is 1. The minimum Gasteiger partial charge on any atom is -0.376 e. The van der Waals surface area contributed by atoms with Crippen LogP contribution < -0.4 is 5.32 Å². The predicted octanol–water partition coefficient (Wildman–Crippen LogP) is 5.12. The number of hydrogen-bond acceptors (Lipinski definition) is 2. The van der Waals surface area contributed by atoms with Gasteiger partial charge in [-0.1, -0.05) is 0 Å². The Kier molecular flexibility index (Phi) is 3.75. The lowest BCUT2D eigenvalue weighted by Crippen LogP contribution is -2.16. The molecule has 0 radical (unpaired) electrons. The zero-order valence-corrected chi connectivity index (χ0v) is 13.0. The molecule has 0 fully saturated rings. The van der Waals surface area contributed by atoms with Crippen molar-refractivity contribution in [3.63, 3.8) is 0 Å². The van der Waals surface area contributed by atoms with Gasteiger partial charge in [-0.2, -0.15) is 0 Å². The highest BCUT2D eigenvalue weighted by atomic mass is 127. The third-order valence-electron chi connectivity index (χ3n) is 3.34. The molecule has 1 aliphatic rings. The summed E-state index contributed by atoms with van der Waals surface area (Å²) in [6.45, 7) is 0. The summed E-state index contributed by atoms with van der Waals surface area (Å²) in [6.07, 6.45) is 3.19. The number of thiophene rings is 1. The molecular formula is C14H12F2INS. The van der Waals surface area contributed by atoms with Crippen LogP contribution in [0.1, 0.15) is 29.3 Å². The maximum Gasteiger partial charge on any atom is 0.149 e. The Labute approximate surface area is 128 Å². The molecule has 19 heavy (non-hydrogen) atoms. The van der Waals surface area contributed by atoms with E-state index in [1.807, 2.05) is 0 Å². The van der Waals surface area contributed by atoms with E-state index < -0.39 is 11.6 Å². The molecule has 3 rings (SSSR count). The Morgan fingerprint density at radius 1 is 1.26 bits per heavy atom. The summed E-state index contributed by atoms with van der Waals surface area (Å²) >= 11 is 4.12. The number of nitrogens with one attached hydrogen (secondary N) is 1. The van der Waals surface area contributed by atoms with Crippen molar-refractivity contribution in [2.24, 2.45) is 0 Å². The van der Waals surface area contributed by atoms with E-state index in [1.165, 1.54) is 25.5 Å². The predicted molar refractivity (Wildman–Crippen MR) is 82.7 cm³/mol. The lowest BCUT2D eigenvalue weighted by Gasteiger charge is -2.24. The molecule has 1 nitrogen and oxygen atoms in total. The quantitative estimate of drug-likeness (QED) is 0.701. The van der Waals surface area contributed by atoms with E-state index in [2.05, 4.69) is 34.0 Å². The van der Waals surface area contributed by atoms with Crippen LogP contribution in [0.3, 0.4) is 0 Å². The standard InChI is InChI=1S/C14H12F2INS/c15-8-4-5-12(10(16)6-8)18-11-2-1-3-13-9(11)7-14(17)19-13/h4-7,11,18H,1-3H2. The Balaban J connectivity index is 1.88. The van der Waals surface area contributed by atoms with Crippen molar-refractivity contribution in [1.29, 1.82) is 0 Å². The van der Waals surface area contributed by atoms with Gasteiger partial charge < -0.3 is 5.32 Å². The Morgan fingerprint density at radius 3 is 2.89 bits per heavy atom. The zero-order valence-electron chi connectivity index (χ0n) is 10.1. The summed E-state index contributed by atoms with van der Waals surface area (Å²) in [5.41, 5.74) is 1.64. The first-order valence-corrected chi connectivity index (χ1v) is 8.02. The minimum atomic E-state index is -0.544. The van der Waals surface area contributed by atoms with Gasteiger partial charge in [0.25, 0.3) is 0 Å². The van der Waals surface area contributed by atoms with E-state index in [0.29, 0.717) is 5.69 Å². The van der Waals surface area contributed by atoms with Crippen LogP contribution in [0.25, 0.3) is 0 Å². The summed E-state index contributed by atoms with van der Waals surface area (Å²) in [7, 11) is 0. The van der Waals surface area contributed by atoms with Crippen LogP contribution in [-0.2, 0) is 6.42 Å². The molecule has 0 bridgehead atoms. The Morgan fingerprint density at radius 2 is 2.11 bits per heavy atom. The van der Waals surface area contributed by atoms with E-state index in [9.17, 15) is 8.78 Å². The van der Waals surface area contributed by atoms with Crippen molar-refractivity contribution in [1.82, 2.24) is 0 Å². The van der Waals surface area contributed by atoms with Gasteiger partial charge in [0.05, 0.1) is 14.6 Å². The summed E-state index contributed by atoms with van der Waals surface area (Å²) in [5.74, 6) is -1.07. The largest absolute Gasteiger partial charge is 0.376 e. The van der Waals surface area contributed by atoms with Crippen LogP contribution in [-0.4, -0.2) is 0 Å². The highest BCUT2D eigenvalue weighted by Crippen LogP contribution is 2.38. The fourth-order valence-corrected chi connectivity index (χ4v) is 4.59. The van der Waals surface area contributed by atoms with Crippen molar-refractivity contribution < 1.29 is 8.78 Å². The number of aryl methyl sites for hydroxylation is 1. The van der Waals surface area contributed by atoms with Crippen LogP contribution in [0.15, 0.2) is 24.3 Å². The van der Waals surface area contributed by atoms with Crippen molar-refractivity contribution in [3.8, 4) is 0 Å². The number of benzene rings is 1. The molecular weight excluding hydrogens is 379 g/mol. The molecule has 100 valence electrons. The molecule has 0 amide bonds. The Hall–Kier alpha value is -0.690. The molecule has 2 aromatic rings. The average Bonchev–Trinajstić information content (AvgIpc) is 2.74. The van der Waals surface area contributed by atoms with E-state index in [-0.39, 0.29) is 6.04 Å². The van der Waals surface area contributed by atoms with Crippen molar-refractivity contribution >= 4 is 39.6 Å². The molecule has 1 unspecified atom stereocenters. The SMILES string of the molecule is Fc1ccc(NC2CCCc3sc(I)cc32)c(F)c1.